The lowest BCUT2D eigenvalue weighted by Crippen LogP contribution is -2.34. The largest absolute Gasteiger partial charge is 0.469 e. The highest BCUT2D eigenvalue weighted by atomic mass is 16.5. The third kappa shape index (κ3) is 2.72. The molecule has 4 nitrogen and oxygen atoms in total. The third-order valence-corrected chi connectivity index (χ3v) is 2.57. The minimum absolute atomic E-state index is 0.0368. The van der Waals surface area contributed by atoms with E-state index < -0.39 is 0 Å². The summed E-state index contributed by atoms with van der Waals surface area (Å²) in [6.07, 6.45) is 4.11. The number of nitrogens with one attached hydrogen (secondary N) is 1. The van der Waals surface area contributed by atoms with Gasteiger partial charge in [-0.2, -0.15) is 0 Å². The highest BCUT2D eigenvalue weighted by molar-refractivity contribution is 5.72. The zero-order valence-corrected chi connectivity index (χ0v) is 7.79. The molecular formula is C9H15NO3. The molecule has 0 aromatic carbocycles. The lowest BCUT2D eigenvalue weighted by Gasteiger charge is -2.26. The van der Waals surface area contributed by atoms with E-state index in [-0.39, 0.29) is 17.9 Å². The molecule has 1 aliphatic carbocycles. The predicted octanol–water partition coefficient (Wildman–Crippen LogP) is 0.464. The van der Waals surface area contributed by atoms with E-state index >= 15 is 0 Å². The smallest absolute Gasteiger partial charge is 0.308 e. The van der Waals surface area contributed by atoms with E-state index in [9.17, 15) is 9.59 Å². The van der Waals surface area contributed by atoms with Crippen LogP contribution in [0.25, 0.3) is 0 Å². The third-order valence-electron chi connectivity index (χ3n) is 2.57. The molecule has 0 spiro atoms. The molecule has 4 heteroatoms. The SMILES string of the molecule is COC(=O)[C@H]1CC[C@@H](NC=O)CC1. The van der Waals surface area contributed by atoms with Gasteiger partial charge in [-0.3, -0.25) is 9.59 Å². The van der Waals surface area contributed by atoms with Gasteiger partial charge in [0.25, 0.3) is 0 Å². The van der Waals surface area contributed by atoms with Gasteiger partial charge in [0, 0.05) is 6.04 Å². The van der Waals surface area contributed by atoms with Crippen molar-refractivity contribution in [2.45, 2.75) is 31.7 Å². The Hall–Kier alpha value is -1.06. The monoisotopic (exact) mass is 185 g/mol. The molecule has 0 heterocycles. The van der Waals surface area contributed by atoms with Gasteiger partial charge in [0.15, 0.2) is 0 Å². The van der Waals surface area contributed by atoms with Crippen LogP contribution in [0.15, 0.2) is 0 Å². The second-order valence-electron chi connectivity index (χ2n) is 3.36. The van der Waals surface area contributed by atoms with E-state index in [0.717, 1.165) is 32.1 Å². The van der Waals surface area contributed by atoms with Crippen molar-refractivity contribution in [2.75, 3.05) is 7.11 Å². The Morgan fingerprint density at radius 3 is 2.46 bits per heavy atom. The Morgan fingerprint density at radius 2 is 2.00 bits per heavy atom. The summed E-state index contributed by atoms with van der Waals surface area (Å²) in [5, 5.41) is 2.73. The molecular weight excluding hydrogens is 170 g/mol. The van der Waals surface area contributed by atoms with Gasteiger partial charge >= 0.3 is 5.97 Å². The summed E-state index contributed by atoms with van der Waals surface area (Å²) in [5.41, 5.74) is 0. The average Bonchev–Trinajstić information content (AvgIpc) is 2.18. The first-order valence-electron chi connectivity index (χ1n) is 4.55. The van der Waals surface area contributed by atoms with Crippen molar-refractivity contribution in [1.29, 1.82) is 0 Å². The summed E-state index contributed by atoms with van der Waals surface area (Å²) >= 11 is 0. The van der Waals surface area contributed by atoms with Crippen molar-refractivity contribution in [3.8, 4) is 0 Å². The number of esters is 1. The van der Waals surface area contributed by atoms with Crippen LogP contribution in [0, 0.1) is 5.92 Å². The Bertz CT molecular complexity index is 185. The maximum absolute atomic E-state index is 11.1. The fourth-order valence-electron chi connectivity index (χ4n) is 1.76. The van der Waals surface area contributed by atoms with Crippen LogP contribution in [0.4, 0.5) is 0 Å². The minimum atomic E-state index is -0.121. The molecule has 1 fully saturated rings. The van der Waals surface area contributed by atoms with Crippen LogP contribution in [0.5, 0.6) is 0 Å². The van der Waals surface area contributed by atoms with E-state index in [0.29, 0.717) is 0 Å². The van der Waals surface area contributed by atoms with Crippen LogP contribution in [-0.2, 0) is 14.3 Å². The first kappa shape index (κ1) is 10.0. The molecule has 0 aromatic rings. The summed E-state index contributed by atoms with van der Waals surface area (Å²) in [7, 11) is 1.41. The highest BCUT2D eigenvalue weighted by Gasteiger charge is 2.26. The molecule has 0 bridgehead atoms. The maximum atomic E-state index is 11.1. The second-order valence-corrected chi connectivity index (χ2v) is 3.36. The number of hydrogen-bond acceptors (Lipinski definition) is 3. The molecule has 0 aliphatic heterocycles. The lowest BCUT2D eigenvalue weighted by molar-refractivity contribution is -0.146. The first-order valence-corrected chi connectivity index (χ1v) is 4.55. The Kier molecular flexibility index (Phi) is 3.73. The highest BCUT2D eigenvalue weighted by Crippen LogP contribution is 2.24. The molecule has 1 saturated carbocycles. The molecule has 1 rings (SSSR count). The summed E-state index contributed by atoms with van der Waals surface area (Å²) in [6.45, 7) is 0. The van der Waals surface area contributed by atoms with Crippen LogP contribution < -0.4 is 5.32 Å². The number of hydrogen-bond donors (Lipinski definition) is 1. The van der Waals surface area contributed by atoms with Gasteiger partial charge < -0.3 is 10.1 Å². The topological polar surface area (TPSA) is 55.4 Å². The number of ether oxygens (including phenoxy) is 1. The lowest BCUT2D eigenvalue weighted by atomic mass is 9.86. The normalized spacial score (nSPS) is 27.8. The van der Waals surface area contributed by atoms with Crippen molar-refractivity contribution in [2.24, 2.45) is 5.92 Å². The Morgan fingerprint density at radius 1 is 1.38 bits per heavy atom. The number of amides is 1. The van der Waals surface area contributed by atoms with Crippen molar-refractivity contribution in [1.82, 2.24) is 5.32 Å². The van der Waals surface area contributed by atoms with E-state index in [2.05, 4.69) is 10.1 Å². The number of carbonyl (C=O) groups is 2. The Labute approximate surface area is 77.6 Å². The molecule has 0 unspecified atom stereocenters. The van der Waals surface area contributed by atoms with Crippen molar-refractivity contribution in [3.05, 3.63) is 0 Å². The number of carbonyl (C=O) groups excluding carboxylic acids is 2. The summed E-state index contributed by atoms with van der Waals surface area (Å²) < 4.78 is 4.66. The van der Waals surface area contributed by atoms with Crippen molar-refractivity contribution >= 4 is 12.4 Å². The van der Waals surface area contributed by atoms with Gasteiger partial charge in [0.05, 0.1) is 13.0 Å². The zero-order valence-electron chi connectivity index (χ0n) is 7.79. The molecule has 0 saturated heterocycles. The van der Waals surface area contributed by atoms with Crippen molar-refractivity contribution < 1.29 is 14.3 Å². The van der Waals surface area contributed by atoms with Crippen molar-refractivity contribution in [3.63, 3.8) is 0 Å². The predicted molar refractivity (Wildman–Crippen MR) is 47.0 cm³/mol. The molecule has 13 heavy (non-hydrogen) atoms. The quantitative estimate of drug-likeness (QED) is 0.513. The van der Waals surface area contributed by atoms with E-state index in [1.165, 1.54) is 7.11 Å². The Balaban J connectivity index is 2.30. The first-order chi connectivity index (χ1) is 6.27. The fourth-order valence-corrected chi connectivity index (χ4v) is 1.76. The van der Waals surface area contributed by atoms with Crippen LogP contribution >= 0.6 is 0 Å². The van der Waals surface area contributed by atoms with Gasteiger partial charge in [-0.05, 0) is 25.7 Å². The zero-order chi connectivity index (χ0) is 9.68. The molecule has 0 atom stereocenters. The molecule has 1 N–H and O–H groups in total. The molecule has 1 aliphatic rings. The maximum Gasteiger partial charge on any atom is 0.308 e. The van der Waals surface area contributed by atoms with Gasteiger partial charge in [-0.25, -0.2) is 0 Å². The van der Waals surface area contributed by atoms with Gasteiger partial charge in [-0.15, -0.1) is 0 Å². The second kappa shape index (κ2) is 4.84. The summed E-state index contributed by atoms with van der Waals surface area (Å²) in [6, 6.07) is 0.249. The molecule has 0 radical (unpaired) electrons. The van der Waals surface area contributed by atoms with Crippen LogP contribution in [0.2, 0.25) is 0 Å². The van der Waals surface area contributed by atoms with Gasteiger partial charge in [0.2, 0.25) is 6.41 Å². The van der Waals surface area contributed by atoms with E-state index in [1.54, 1.807) is 0 Å². The molecule has 74 valence electrons. The summed E-state index contributed by atoms with van der Waals surface area (Å²) in [4.78, 5) is 21.3. The van der Waals surface area contributed by atoms with Gasteiger partial charge in [-0.1, -0.05) is 0 Å². The average molecular weight is 185 g/mol. The van der Waals surface area contributed by atoms with Gasteiger partial charge in [0.1, 0.15) is 0 Å². The van der Waals surface area contributed by atoms with Crippen LogP contribution in [-0.4, -0.2) is 25.5 Å². The van der Waals surface area contributed by atoms with Crippen LogP contribution in [0.1, 0.15) is 25.7 Å². The fraction of sp³-hybridized carbons (Fsp3) is 0.778. The van der Waals surface area contributed by atoms with E-state index in [1.807, 2.05) is 0 Å². The molecule has 1 amide bonds. The minimum Gasteiger partial charge on any atom is -0.469 e. The number of methoxy groups -OCH3 is 1. The molecule has 0 aromatic heterocycles. The summed E-state index contributed by atoms with van der Waals surface area (Å²) in [5.74, 6) is -0.0840. The van der Waals surface area contributed by atoms with Crippen LogP contribution in [0.3, 0.4) is 0 Å². The standard InChI is InChI=1S/C9H15NO3/c1-13-9(12)7-2-4-8(5-3-7)10-6-11/h6-8H,2-5H2,1H3,(H,10,11)/t7-,8+. The van der Waals surface area contributed by atoms with E-state index in [4.69, 9.17) is 0 Å². The number of rotatable bonds is 3.